The molecule has 0 bridgehead atoms. The highest BCUT2D eigenvalue weighted by Gasteiger charge is 2.19. The van der Waals surface area contributed by atoms with Crippen molar-refractivity contribution in [3.63, 3.8) is 0 Å². The van der Waals surface area contributed by atoms with Crippen molar-refractivity contribution in [2.75, 3.05) is 18.1 Å². The lowest BCUT2D eigenvalue weighted by Gasteiger charge is -2.26. The predicted molar refractivity (Wildman–Crippen MR) is 84.3 cm³/mol. The van der Waals surface area contributed by atoms with Gasteiger partial charge in [0.25, 0.3) is 0 Å². The molecule has 1 aliphatic heterocycles. The molecule has 3 heteroatoms. The van der Waals surface area contributed by atoms with Crippen LogP contribution < -0.4 is 9.64 Å². The molecule has 0 atom stereocenters. The maximum Gasteiger partial charge on any atom is 0.142 e. The first-order valence-corrected chi connectivity index (χ1v) is 7.48. The molecule has 0 aromatic heterocycles. The summed E-state index contributed by atoms with van der Waals surface area (Å²) in [5, 5.41) is 0. The van der Waals surface area contributed by atoms with E-state index >= 15 is 0 Å². The molecule has 2 nitrogen and oxygen atoms in total. The molecule has 3 rings (SSSR count). The van der Waals surface area contributed by atoms with Gasteiger partial charge in [0.15, 0.2) is 0 Å². The summed E-state index contributed by atoms with van der Waals surface area (Å²) in [5.41, 5.74) is 4.72. The number of rotatable bonds is 2. The van der Waals surface area contributed by atoms with Crippen molar-refractivity contribution in [2.24, 2.45) is 0 Å². The molecule has 0 unspecified atom stereocenters. The third kappa shape index (κ3) is 2.48. The Kier molecular flexibility index (Phi) is 3.83. The van der Waals surface area contributed by atoms with Crippen molar-refractivity contribution in [3.05, 3.63) is 53.6 Å². The summed E-state index contributed by atoms with van der Waals surface area (Å²) in [6.45, 7) is 3.80. The second-order valence-electron chi connectivity index (χ2n) is 5.09. The molecule has 0 amide bonds. The van der Waals surface area contributed by atoms with Gasteiger partial charge >= 0.3 is 0 Å². The van der Waals surface area contributed by atoms with Crippen LogP contribution in [0.3, 0.4) is 0 Å². The number of benzene rings is 2. The number of halogens is 1. The van der Waals surface area contributed by atoms with Crippen LogP contribution >= 0.6 is 11.6 Å². The van der Waals surface area contributed by atoms with Crippen LogP contribution in [0.2, 0.25) is 0 Å². The van der Waals surface area contributed by atoms with Gasteiger partial charge in [-0.2, -0.15) is 0 Å². The number of para-hydroxylation sites is 2. The number of nitrogens with zero attached hydrogens (tertiary/aromatic N) is 1. The van der Waals surface area contributed by atoms with Gasteiger partial charge in [-0.25, -0.2) is 0 Å². The van der Waals surface area contributed by atoms with E-state index in [1.54, 1.807) is 0 Å². The molecule has 0 spiro atoms. The van der Waals surface area contributed by atoms with Gasteiger partial charge in [0, 0.05) is 18.1 Å². The molecule has 0 aliphatic carbocycles. The molecule has 2 aromatic rings. The summed E-state index contributed by atoms with van der Waals surface area (Å²) >= 11 is 6.13. The van der Waals surface area contributed by atoms with E-state index in [0.29, 0.717) is 5.88 Å². The second-order valence-corrected chi connectivity index (χ2v) is 5.35. The minimum Gasteiger partial charge on any atom is -0.491 e. The topological polar surface area (TPSA) is 12.5 Å². The largest absolute Gasteiger partial charge is 0.491 e. The second kappa shape index (κ2) is 5.76. The Morgan fingerprint density at radius 1 is 1.15 bits per heavy atom. The molecule has 0 saturated carbocycles. The third-order valence-electron chi connectivity index (χ3n) is 3.61. The van der Waals surface area contributed by atoms with Crippen molar-refractivity contribution in [1.82, 2.24) is 0 Å². The van der Waals surface area contributed by atoms with Gasteiger partial charge in [-0.05, 0) is 37.1 Å². The minimum absolute atomic E-state index is 0.524. The number of hydrogen-bond donors (Lipinski definition) is 0. The van der Waals surface area contributed by atoms with Gasteiger partial charge in [-0.15, -0.1) is 11.6 Å². The Labute approximate surface area is 124 Å². The summed E-state index contributed by atoms with van der Waals surface area (Å²) < 4.78 is 5.82. The van der Waals surface area contributed by atoms with Gasteiger partial charge in [-0.1, -0.05) is 29.8 Å². The monoisotopic (exact) mass is 287 g/mol. The van der Waals surface area contributed by atoms with Crippen molar-refractivity contribution in [3.8, 4) is 5.75 Å². The number of ether oxygens (including phenoxy) is 1. The lowest BCUT2D eigenvalue weighted by molar-refractivity contribution is 0.322. The normalized spacial score (nSPS) is 14.4. The quantitative estimate of drug-likeness (QED) is 0.745. The molecule has 0 saturated heterocycles. The van der Waals surface area contributed by atoms with Crippen LogP contribution in [0, 0.1) is 6.92 Å². The molecule has 20 heavy (non-hydrogen) atoms. The smallest absolute Gasteiger partial charge is 0.142 e. The van der Waals surface area contributed by atoms with E-state index in [1.165, 1.54) is 16.8 Å². The average Bonchev–Trinajstić information content (AvgIpc) is 2.69. The van der Waals surface area contributed by atoms with Crippen LogP contribution in [0.1, 0.15) is 17.5 Å². The standard InChI is InChI=1S/C17H18ClNO/c1-13-7-8-15(14(11-13)12-18)19-9-4-10-20-17-6-3-2-5-16(17)19/h2-3,5-8,11H,4,9-10,12H2,1H3. The summed E-state index contributed by atoms with van der Waals surface area (Å²) in [4.78, 5) is 2.32. The van der Waals surface area contributed by atoms with E-state index in [4.69, 9.17) is 16.3 Å². The SMILES string of the molecule is Cc1ccc(N2CCCOc3ccccc32)c(CCl)c1. The zero-order chi connectivity index (χ0) is 13.9. The fourth-order valence-electron chi connectivity index (χ4n) is 2.66. The molecular weight excluding hydrogens is 270 g/mol. The van der Waals surface area contributed by atoms with Gasteiger partial charge in [0.05, 0.1) is 12.3 Å². The number of fused-ring (bicyclic) bond motifs is 1. The third-order valence-corrected chi connectivity index (χ3v) is 3.90. The first-order valence-electron chi connectivity index (χ1n) is 6.94. The zero-order valence-corrected chi connectivity index (χ0v) is 12.4. The fraction of sp³-hybridized carbons (Fsp3) is 0.294. The Morgan fingerprint density at radius 3 is 2.85 bits per heavy atom. The van der Waals surface area contributed by atoms with Crippen molar-refractivity contribution in [2.45, 2.75) is 19.2 Å². The number of alkyl halides is 1. The molecule has 0 fully saturated rings. The maximum absolute atomic E-state index is 6.13. The highest BCUT2D eigenvalue weighted by molar-refractivity contribution is 6.17. The van der Waals surface area contributed by atoms with Gasteiger partial charge in [0.2, 0.25) is 0 Å². The van der Waals surface area contributed by atoms with E-state index < -0.39 is 0 Å². The molecule has 2 aromatic carbocycles. The van der Waals surface area contributed by atoms with Crippen LogP contribution in [-0.4, -0.2) is 13.2 Å². The lowest BCUT2D eigenvalue weighted by Crippen LogP contribution is -2.19. The number of aryl methyl sites for hydroxylation is 1. The number of hydrogen-bond acceptors (Lipinski definition) is 2. The van der Waals surface area contributed by atoms with Crippen LogP contribution in [0.15, 0.2) is 42.5 Å². The minimum atomic E-state index is 0.524. The van der Waals surface area contributed by atoms with E-state index in [2.05, 4.69) is 42.2 Å². The molecule has 1 heterocycles. The highest BCUT2D eigenvalue weighted by Crippen LogP contribution is 2.37. The van der Waals surface area contributed by atoms with E-state index in [0.717, 1.165) is 31.0 Å². The van der Waals surface area contributed by atoms with Gasteiger partial charge < -0.3 is 9.64 Å². The highest BCUT2D eigenvalue weighted by atomic mass is 35.5. The van der Waals surface area contributed by atoms with Gasteiger partial charge in [-0.3, -0.25) is 0 Å². The predicted octanol–water partition coefficient (Wildman–Crippen LogP) is 4.65. The summed E-state index contributed by atoms with van der Waals surface area (Å²) in [5.74, 6) is 1.47. The number of anilines is 2. The summed E-state index contributed by atoms with van der Waals surface area (Å²) in [7, 11) is 0. The first-order chi connectivity index (χ1) is 9.79. The molecule has 104 valence electrons. The first kappa shape index (κ1) is 13.3. The van der Waals surface area contributed by atoms with Crippen LogP contribution in [0.25, 0.3) is 0 Å². The zero-order valence-electron chi connectivity index (χ0n) is 11.6. The summed E-state index contributed by atoms with van der Waals surface area (Å²) in [6.07, 6.45) is 1.00. The van der Waals surface area contributed by atoms with Gasteiger partial charge in [0.1, 0.15) is 5.75 Å². The lowest BCUT2D eigenvalue weighted by atomic mass is 10.1. The van der Waals surface area contributed by atoms with Crippen LogP contribution in [-0.2, 0) is 5.88 Å². The van der Waals surface area contributed by atoms with Crippen LogP contribution in [0.5, 0.6) is 5.75 Å². The molecular formula is C17H18ClNO. The van der Waals surface area contributed by atoms with Crippen molar-refractivity contribution in [1.29, 1.82) is 0 Å². The average molecular weight is 288 g/mol. The maximum atomic E-state index is 6.13. The van der Waals surface area contributed by atoms with E-state index in [-0.39, 0.29) is 0 Å². The molecule has 1 aliphatic rings. The van der Waals surface area contributed by atoms with E-state index in [9.17, 15) is 0 Å². The van der Waals surface area contributed by atoms with Crippen LogP contribution in [0.4, 0.5) is 11.4 Å². The van der Waals surface area contributed by atoms with Crippen molar-refractivity contribution >= 4 is 23.0 Å². The Bertz CT molecular complexity index is 612. The Balaban J connectivity index is 2.10. The molecule has 0 N–H and O–H groups in total. The Hall–Kier alpha value is -1.67. The fourth-order valence-corrected chi connectivity index (χ4v) is 2.88. The summed E-state index contributed by atoms with van der Waals surface area (Å²) in [6, 6.07) is 14.7. The molecule has 0 radical (unpaired) electrons. The van der Waals surface area contributed by atoms with Crippen molar-refractivity contribution < 1.29 is 4.74 Å². The Morgan fingerprint density at radius 2 is 2.00 bits per heavy atom. The van der Waals surface area contributed by atoms with E-state index in [1.807, 2.05) is 12.1 Å².